The van der Waals surface area contributed by atoms with Crippen molar-refractivity contribution in [3.05, 3.63) is 48.1 Å². The molecule has 2 aromatic heterocycles. The molecular formula is C17H18FN5O. The van der Waals surface area contributed by atoms with Gasteiger partial charge in [0.05, 0.1) is 23.4 Å². The Bertz CT molecular complexity index is 899. The Morgan fingerprint density at radius 2 is 2.25 bits per heavy atom. The fourth-order valence-electron chi connectivity index (χ4n) is 3.29. The van der Waals surface area contributed by atoms with Crippen molar-refractivity contribution in [3.8, 4) is 0 Å². The number of rotatable bonds is 2. The molecule has 0 aliphatic carbocycles. The summed E-state index contributed by atoms with van der Waals surface area (Å²) in [5.41, 5.74) is 1.80. The maximum atomic E-state index is 13.4. The number of aromatic nitrogens is 4. The van der Waals surface area contributed by atoms with Gasteiger partial charge >= 0.3 is 0 Å². The van der Waals surface area contributed by atoms with Crippen LogP contribution < -0.4 is 0 Å². The highest BCUT2D eigenvalue weighted by molar-refractivity contribution is 5.92. The molecule has 0 spiro atoms. The van der Waals surface area contributed by atoms with Crippen LogP contribution in [0.3, 0.4) is 0 Å². The smallest absolute Gasteiger partial charge is 0.274 e. The van der Waals surface area contributed by atoms with Crippen molar-refractivity contribution < 1.29 is 9.18 Å². The molecule has 24 heavy (non-hydrogen) atoms. The van der Waals surface area contributed by atoms with Crippen LogP contribution in [0.4, 0.5) is 4.39 Å². The highest BCUT2D eigenvalue weighted by Gasteiger charge is 2.31. The van der Waals surface area contributed by atoms with E-state index in [9.17, 15) is 9.18 Å². The lowest BCUT2D eigenvalue weighted by atomic mass is 10.0. The monoisotopic (exact) mass is 327 g/mol. The quantitative estimate of drug-likeness (QED) is 0.787. The number of amides is 1. The van der Waals surface area contributed by atoms with E-state index >= 15 is 0 Å². The van der Waals surface area contributed by atoms with Crippen molar-refractivity contribution in [3.63, 3.8) is 0 Å². The summed E-state index contributed by atoms with van der Waals surface area (Å²) in [5.74, 6) is 0.314. The highest BCUT2D eigenvalue weighted by atomic mass is 19.1. The zero-order valence-electron chi connectivity index (χ0n) is 13.4. The number of fused-ring (bicyclic) bond motifs is 1. The number of benzene rings is 1. The Morgan fingerprint density at radius 3 is 3.04 bits per heavy atom. The van der Waals surface area contributed by atoms with Crippen LogP contribution >= 0.6 is 0 Å². The Labute approximate surface area is 138 Å². The summed E-state index contributed by atoms with van der Waals surface area (Å²) in [5, 5.41) is 0. The standard InChI is InChI=1S/C17H18FN5O/c1-22-9-14(19-10-22)17(24)23-7-3-2-4-15(23)16-20-12-6-5-11(18)8-13(12)21-16/h5-6,8-10,15H,2-4,7H2,1H3,(H,20,21). The van der Waals surface area contributed by atoms with Crippen LogP contribution in [0, 0.1) is 5.82 Å². The summed E-state index contributed by atoms with van der Waals surface area (Å²) in [7, 11) is 1.84. The number of imidazole rings is 2. The Balaban J connectivity index is 1.69. The molecule has 1 fully saturated rings. The average molecular weight is 327 g/mol. The molecule has 1 unspecified atom stereocenters. The van der Waals surface area contributed by atoms with Gasteiger partial charge in [-0.15, -0.1) is 0 Å². The number of likely N-dealkylation sites (tertiary alicyclic amines) is 1. The van der Waals surface area contributed by atoms with E-state index in [1.807, 2.05) is 11.9 Å². The molecule has 1 N–H and O–H groups in total. The van der Waals surface area contributed by atoms with Crippen LogP contribution in [0.1, 0.15) is 41.6 Å². The fourth-order valence-corrected chi connectivity index (χ4v) is 3.29. The van der Waals surface area contributed by atoms with Gasteiger partial charge in [-0.25, -0.2) is 14.4 Å². The molecule has 0 radical (unpaired) electrons. The second kappa shape index (κ2) is 5.74. The van der Waals surface area contributed by atoms with Crippen LogP contribution in [0.25, 0.3) is 11.0 Å². The molecule has 3 aromatic rings. The molecule has 3 heterocycles. The summed E-state index contributed by atoms with van der Waals surface area (Å²) in [6, 6.07) is 4.34. The third kappa shape index (κ3) is 2.55. The first kappa shape index (κ1) is 14.9. The molecule has 1 aliphatic rings. The third-order valence-corrected chi connectivity index (χ3v) is 4.47. The second-order valence-electron chi connectivity index (χ2n) is 6.22. The summed E-state index contributed by atoms with van der Waals surface area (Å²) in [4.78, 5) is 26.5. The Hall–Kier alpha value is -2.70. The second-order valence-corrected chi connectivity index (χ2v) is 6.22. The number of hydrogen-bond acceptors (Lipinski definition) is 3. The first-order chi connectivity index (χ1) is 11.6. The van der Waals surface area contributed by atoms with Gasteiger partial charge in [0.2, 0.25) is 0 Å². The molecule has 1 amide bonds. The Morgan fingerprint density at radius 1 is 1.38 bits per heavy atom. The van der Waals surface area contributed by atoms with Gasteiger partial charge < -0.3 is 14.5 Å². The number of H-pyrrole nitrogens is 1. The minimum Gasteiger partial charge on any atom is -0.340 e. The number of nitrogens with zero attached hydrogens (tertiary/aromatic N) is 4. The molecule has 1 atom stereocenters. The van der Waals surface area contributed by atoms with Crippen molar-refractivity contribution in [2.75, 3.05) is 6.54 Å². The van der Waals surface area contributed by atoms with Crippen molar-refractivity contribution >= 4 is 16.9 Å². The maximum absolute atomic E-state index is 13.4. The number of aromatic amines is 1. The van der Waals surface area contributed by atoms with Gasteiger partial charge in [0.1, 0.15) is 17.3 Å². The van der Waals surface area contributed by atoms with E-state index in [0.717, 1.165) is 19.3 Å². The van der Waals surface area contributed by atoms with E-state index in [1.165, 1.54) is 12.1 Å². The third-order valence-electron chi connectivity index (χ3n) is 4.47. The van der Waals surface area contributed by atoms with Gasteiger partial charge in [-0.05, 0) is 37.5 Å². The Kier molecular flexibility index (Phi) is 3.55. The number of piperidine rings is 1. The number of carbonyl (C=O) groups is 1. The lowest BCUT2D eigenvalue weighted by molar-refractivity contribution is 0.0595. The van der Waals surface area contributed by atoms with Gasteiger partial charge in [-0.1, -0.05) is 0 Å². The molecule has 1 aromatic carbocycles. The molecule has 1 saturated heterocycles. The number of halogens is 1. The zero-order chi connectivity index (χ0) is 16.7. The summed E-state index contributed by atoms with van der Waals surface area (Å²) >= 11 is 0. The topological polar surface area (TPSA) is 66.8 Å². The minimum atomic E-state index is -0.303. The fraction of sp³-hybridized carbons (Fsp3) is 0.353. The average Bonchev–Trinajstić information content (AvgIpc) is 3.20. The first-order valence-electron chi connectivity index (χ1n) is 8.06. The van der Waals surface area contributed by atoms with Gasteiger partial charge in [0, 0.05) is 19.8 Å². The molecule has 0 saturated carbocycles. The first-order valence-corrected chi connectivity index (χ1v) is 8.06. The van der Waals surface area contributed by atoms with Crippen molar-refractivity contribution in [1.29, 1.82) is 0 Å². The maximum Gasteiger partial charge on any atom is 0.274 e. The molecule has 1 aliphatic heterocycles. The van der Waals surface area contributed by atoms with Gasteiger partial charge in [-0.2, -0.15) is 0 Å². The summed E-state index contributed by atoms with van der Waals surface area (Å²) < 4.78 is 15.2. The summed E-state index contributed by atoms with van der Waals surface area (Å²) in [6.45, 7) is 0.672. The normalized spacial score (nSPS) is 18.2. The van der Waals surface area contributed by atoms with Gasteiger partial charge in [0.15, 0.2) is 0 Å². The predicted octanol–water partition coefficient (Wildman–Crippen LogP) is 2.80. The number of aryl methyl sites for hydroxylation is 1. The molecule has 6 nitrogen and oxygen atoms in total. The minimum absolute atomic E-state index is 0.0908. The van der Waals surface area contributed by atoms with Crippen LogP contribution in [0.15, 0.2) is 30.7 Å². The van der Waals surface area contributed by atoms with Crippen LogP contribution in [-0.2, 0) is 7.05 Å². The largest absolute Gasteiger partial charge is 0.340 e. The van der Waals surface area contributed by atoms with Crippen LogP contribution in [0.5, 0.6) is 0 Å². The van der Waals surface area contributed by atoms with Crippen molar-refractivity contribution in [2.24, 2.45) is 7.05 Å². The van der Waals surface area contributed by atoms with E-state index in [1.54, 1.807) is 23.2 Å². The van der Waals surface area contributed by atoms with Gasteiger partial charge in [0.25, 0.3) is 5.91 Å². The summed E-state index contributed by atoms with van der Waals surface area (Å²) in [6.07, 6.45) is 6.17. The molecule has 4 rings (SSSR count). The van der Waals surface area contributed by atoms with E-state index < -0.39 is 0 Å². The number of carbonyl (C=O) groups excluding carboxylic acids is 1. The van der Waals surface area contributed by atoms with E-state index in [2.05, 4.69) is 15.0 Å². The molecular weight excluding hydrogens is 309 g/mol. The number of hydrogen-bond donors (Lipinski definition) is 1. The molecule has 124 valence electrons. The SMILES string of the molecule is Cn1cnc(C(=O)N2CCCCC2c2nc3ccc(F)cc3[nH]2)c1. The lowest BCUT2D eigenvalue weighted by Crippen LogP contribution is -2.39. The molecule has 7 heteroatoms. The predicted molar refractivity (Wildman–Crippen MR) is 86.9 cm³/mol. The van der Waals surface area contributed by atoms with Gasteiger partial charge in [-0.3, -0.25) is 4.79 Å². The van der Waals surface area contributed by atoms with E-state index in [0.29, 0.717) is 29.1 Å². The highest BCUT2D eigenvalue weighted by Crippen LogP contribution is 2.31. The van der Waals surface area contributed by atoms with E-state index in [-0.39, 0.29) is 17.8 Å². The van der Waals surface area contributed by atoms with Crippen molar-refractivity contribution in [1.82, 2.24) is 24.4 Å². The zero-order valence-corrected chi connectivity index (χ0v) is 13.4. The lowest BCUT2D eigenvalue weighted by Gasteiger charge is -2.34. The molecule has 0 bridgehead atoms. The van der Waals surface area contributed by atoms with Crippen LogP contribution in [-0.4, -0.2) is 36.9 Å². The van der Waals surface area contributed by atoms with Crippen LogP contribution in [0.2, 0.25) is 0 Å². The van der Waals surface area contributed by atoms with E-state index in [4.69, 9.17) is 0 Å². The number of nitrogens with one attached hydrogen (secondary N) is 1. The van der Waals surface area contributed by atoms with Crippen molar-refractivity contribution in [2.45, 2.75) is 25.3 Å².